The van der Waals surface area contributed by atoms with Crippen LogP contribution >= 0.6 is 0 Å². The summed E-state index contributed by atoms with van der Waals surface area (Å²) in [5.41, 5.74) is 0.543. The first-order valence-corrected chi connectivity index (χ1v) is 6.06. The molecule has 0 saturated carbocycles. The molecule has 0 radical (unpaired) electrons. The highest BCUT2D eigenvalue weighted by molar-refractivity contribution is 5.78. The molecule has 2 amide bonds. The summed E-state index contributed by atoms with van der Waals surface area (Å²) in [4.78, 5) is 32.9. The molecule has 1 aromatic rings. The number of urea groups is 1. The molecule has 0 spiro atoms. The number of hydrogen-bond donors (Lipinski definition) is 2. The molecule has 2 rings (SSSR count). The summed E-state index contributed by atoms with van der Waals surface area (Å²) in [5.74, 6) is -0.141. The third-order valence-electron chi connectivity index (χ3n) is 2.96. The van der Waals surface area contributed by atoms with Crippen molar-refractivity contribution in [3.8, 4) is 5.75 Å². The van der Waals surface area contributed by atoms with Crippen LogP contribution in [0.25, 0.3) is 0 Å². The van der Waals surface area contributed by atoms with E-state index in [0.717, 1.165) is 0 Å². The van der Waals surface area contributed by atoms with Crippen molar-refractivity contribution in [3.05, 3.63) is 52.2 Å². The van der Waals surface area contributed by atoms with Gasteiger partial charge in [0.2, 0.25) is 0 Å². The van der Waals surface area contributed by atoms with E-state index < -0.39 is 29.0 Å². The van der Waals surface area contributed by atoms with Gasteiger partial charge < -0.3 is 15.4 Å². The molecule has 0 bridgehead atoms. The van der Waals surface area contributed by atoms with Crippen LogP contribution in [-0.4, -0.2) is 23.0 Å². The maximum Gasteiger partial charge on any atom is 0.319 e. The van der Waals surface area contributed by atoms with Gasteiger partial charge in [-0.2, -0.15) is 0 Å². The van der Waals surface area contributed by atoms with Crippen molar-refractivity contribution in [2.24, 2.45) is 0 Å². The van der Waals surface area contributed by atoms with Gasteiger partial charge in [-0.3, -0.25) is 14.9 Å². The lowest BCUT2D eigenvalue weighted by Gasteiger charge is -2.29. The number of hydrogen-bond acceptors (Lipinski definition) is 5. The molecular weight excluding hydrogens is 278 g/mol. The Morgan fingerprint density at radius 3 is 2.52 bits per heavy atom. The van der Waals surface area contributed by atoms with Gasteiger partial charge in [-0.1, -0.05) is 18.7 Å². The van der Waals surface area contributed by atoms with Crippen molar-refractivity contribution in [3.63, 3.8) is 0 Å². The Kier molecular flexibility index (Phi) is 3.88. The summed E-state index contributed by atoms with van der Waals surface area (Å²) in [7, 11) is 0. The zero-order valence-corrected chi connectivity index (χ0v) is 11.2. The molecule has 2 N–H and O–H groups in total. The maximum absolute atomic E-state index is 11.5. The Labute approximate surface area is 119 Å². The zero-order chi connectivity index (χ0) is 15.6. The fraction of sp³-hybridized carbons (Fsp3) is 0.231. The molecule has 0 aromatic heterocycles. The smallest absolute Gasteiger partial charge is 0.319 e. The van der Waals surface area contributed by atoms with Crippen LogP contribution in [0.2, 0.25) is 0 Å². The number of ether oxygens (including phenoxy) is 1. The average molecular weight is 291 g/mol. The minimum atomic E-state index is -1.18. The summed E-state index contributed by atoms with van der Waals surface area (Å²) in [6, 6.07) is 3.55. The second-order valence-corrected chi connectivity index (χ2v) is 4.49. The average Bonchev–Trinajstić information content (AvgIpc) is 2.37. The number of nitrogens with one attached hydrogen (secondary N) is 2. The number of benzene rings is 1. The number of rotatable bonds is 3. The number of carbonyl (C=O) groups excluding carboxylic acids is 2. The molecular formula is C13H13N3O5. The van der Waals surface area contributed by atoms with E-state index in [1.807, 2.05) is 0 Å². The monoisotopic (exact) mass is 291 g/mol. The van der Waals surface area contributed by atoms with Gasteiger partial charge >= 0.3 is 12.0 Å². The maximum atomic E-state index is 11.5. The van der Waals surface area contributed by atoms with E-state index in [0.29, 0.717) is 11.3 Å². The van der Waals surface area contributed by atoms with Gasteiger partial charge in [-0.15, -0.1) is 0 Å². The third kappa shape index (κ3) is 3.16. The first-order valence-electron chi connectivity index (χ1n) is 6.06. The fourth-order valence-corrected chi connectivity index (χ4v) is 2.10. The van der Waals surface area contributed by atoms with Crippen LogP contribution in [0.4, 0.5) is 4.79 Å². The van der Waals surface area contributed by atoms with E-state index in [9.17, 15) is 19.7 Å². The normalized spacial score (nSPS) is 21.2. The van der Waals surface area contributed by atoms with Gasteiger partial charge in [0.1, 0.15) is 11.8 Å². The molecule has 8 nitrogen and oxygen atoms in total. The quantitative estimate of drug-likeness (QED) is 0.375. The molecule has 1 fully saturated rings. The van der Waals surface area contributed by atoms with Crippen LogP contribution in [0, 0.1) is 10.1 Å². The SMILES string of the molecule is C=C1NC(=O)N[C@H](c2ccc(OC(C)=O)cc2)[C@H]1[N+](=O)[O-]. The number of esters is 1. The van der Waals surface area contributed by atoms with Crippen molar-refractivity contribution in [1.82, 2.24) is 10.6 Å². The molecule has 110 valence electrons. The van der Waals surface area contributed by atoms with Gasteiger partial charge in [0.05, 0.1) is 5.70 Å². The second-order valence-electron chi connectivity index (χ2n) is 4.49. The zero-order valence-electron chi connectivity index (χ0n) is 11.2. The molecule has 0 aliphatic carbocycles. The Balaban J connectivity index is 2.28. The summed E-state index contributed by atoms with van der Waals surface area (Å²) in [5, 5.41) is 15.9. The van der Waals surface area contributed by atoms with Gasteiger partial charge in [0.15, 0.2) is 0 Å². The van der Waals surface area contributed by atoms with Crippen molar-refractivity contribution in [2.45, 2.75) is 19.0 Å². The van der Waals surface area contributed by atoms with Gasteiger partial charge in [0.25, 0.3) is 6.04 Å². The third-order valence-corrected chi connectivity index (χ3v) is 2.96. The van der Waals surface area contributed by atoms with Crippen LogP contribution in [0.5, 0.6) is 5.75 Å². The molecule has 2 atom stereocenters. The molecule has 1 aliphatic heterocycles. The molecule has 1 saturated heterocycles. The van der Waals surface area contributed by atoms with Crippen molar-refractivity contribution in [2.75, 3.05) is 0 Å². The predicted octanol–water partition coefficient (Wildman–Crippen LogP) is 1.12. The predicted molar refractivity (Wildman–Crippen MR) is 72.1 cm³/mol. The van der Waals surface area contributed by atoms with E-state index in [1.165, 1.54) is 19.1 Å². The Bertz CT molecular complexity index is 611. The minimum absolute atomic E-state index is 0.0258. The highest BCUT2D eigenvalue weighted by Crippen LogP contribution is 2.27. The highest BCUT2D eigenvalue weighted by Gasteiger charge is 2.41. The number of nitro groups is 1. The standard InChI is InChI=1S/C13H13N3O5/c1-7-12(16(19)20)11(15-13(18)14-7)9-3-5-10(6-4-9)21-8(2)17/h3-6,11-12H,1H2,2H3,(H2,14,15,18)/t11-,12+/m1/s1. The van der Waals surface area contributed by atoms with E-state index in [-0.39, 0.29) is 5.70 Å². The fourth-order valence-electron chi connectivity index (χ4n) is 2.10. The van der Waals surface area contributed by atoms with E-state index >= 15 is 0 Å². The highest BCUT2D eigenvalue weighted by atomic mass is 16.6. The Morgan fingerprint density at radius 2 is 2.00 bits per heavy atom. The van der Waals surface area contributed by atoms with E-state index in [1.54, 1.807) is 12.1 Å². The van der Waals surface area contributed by atoms with Gasteiger partial charge in [-0.05, 0) is 17.7 Å². The first kappa shape index (κ1) is 14.5. The Hall–Kier alpha value is -2.90. The van der Waals surface area contributed by atoms with E-state index in [2.05, 4.69) is 17.2 Å². The molecule has 21 heavy (non-hydrogen) atoms. The van der Waals surface area contributed by atoms with Crippen molar-refractivity contribution in [1.29, 1.82) is 0 Å². The van der Waals surface area contributed by atoms with Crippen LogP contribution in [0.15, 0.2) is 36.5 Å². The number of carbonyl (C=O) groups is 2. The molecule has 8 heteroatoms. The molecule has 1 aliphatic rings. The van der Waals surface area contributed by atoms with Crippen LogP contribution in [-0.2, 0) is 4.79 Å². The number of nitrogens with zero attached hydrogens (tertiary/aromatic N) is 1. The summed E-state index contributed by atoms with van der Waals surface area (Å²) in [6.45, 7) is 4.79. The molecule has 0 unspecified atom stereocenters. The van der Waals surface area contributed by atoms with Crippen molar-refractivity contribution >= 4 is 12.0 Å². The lowest BCUT2D eigenvalue weighted by Crippen LogP contribution is -2.53. The minimum Gasteiger partial charge on any atom is -0.427 e. The lowest BCUT2D eigenvalue weighted by molar-refractivity contribution is -0.518. The Morgan fingerprint density at radius 1 is 1.38 bits per heavy atom. The van der Waals surface area contributed by atoms with Crippen LogP contribution in [0.3, 0.4) is 0 Å². The van der Waals surface area contributed by atoms with Crippen LogP contribution < -0.4 is 15.4 Å². The van der Waals surface area contributed by atoms with Crippen LogP contribution in [0.1, 0.15) is 18.5 Å². The second kappa shape index (κ2) is 5.61. The summed E-state index contributed by atoms with van der Waals surface area (Å²) >= 11 is 0. The molecule has 1 heterocycles. The topological polar surface area (TPSA) is 111 Å². The summed E-state index contributed by atoms with van der Waals surface area (Å²) < 4.78 is 4.88. The van der Waals surface area contributed by atoms with E-state index in [4.69, 9.17) is 4.74 Å². The van der Waals surface area contributed by atoms with Gasteiger partial charge in [0, 0.05) is 11.8 Å². The van der Waals surface area contributed by atoms with Crippen molar-refractivity contribution < 1.29 is 19.2 Å². The van der Waals surface area contributed by atoms with Gasteiger partial charge in [-0.25, -0.2) is 4.79 Å². The number of amides is 2. The lowest BCUT2D eigenvalue weighted by atomic mass is 9.96. The molecule has 1 aromatic carbocycles. The largest absolute Gasteiger partial charge is 0.427 e. The summed E-state index contributed by atoms with van der Waals surface area (Å²) in [6.07, 6.45) is 0. The first-order chi connectivity index (χ1) is 9.88.